The molecule has 0 radical (unpaired) electrons. The standard InChI is InChI=1S/C40H37BN2/c1-26-14-5-9-20-34(26)42-36-25-28(43-35-21-10-7-17-31(35)39(3)22-11-12-23-40(39,43)4)24-30-29-16-6-8-18-32(29)41(37(30)36)33-19-13-15-27(2)38(33)42/h5-10,13-21,24-25H,11-12,22-23H2,1-4H3. The molecule has 5 aromatic carbocycles. The molecule has 210 valence electrons. The highest BCUT2D eigenvalue weighted by molar-refractivity contribution is 7.01. The van der Waals surface area contributed by atoms with Gasteiger partial charge in [0, 0.05) is 33.9 Å². The number of para-hydroxylation sites is 3. The van der Waals surface area contributed by atoms with Crippen LogP contribution >= 0.6 is 0 Å². The first-order chi connectivity index (χ1) is 20.9. The number of rotatable bonds is 2. The number of nitrogens with zero attached hydrogens (tertiary/aromatic N) is 2. The summed E-state index contributed by atoms with van der Waals surface area (Å²) < 4.78 is 0. The topological polar surface area (TPSA) is 6.48 Å². The number of hydrogen-bond acceptors (Lipinski definition) is 2. The summed E-state index contributed by atoms with van der Waals surface area (Å²) in [5, 5.41) is 0. The van der Waals surface area contributed by atoms with Crippen LogP contribution in [-0.2, 0) is 5.41 Å². The Kier molecular flexibility index (Phi) is 5.09. The van der Waals surface area contributed by atoms with Gasteiger partial charge in [0.2, 0.25) is 6.71 Å². The van der Waals surface area contributed by atoms with Crippen molar-refractivity contribution in [2.24, 2.45) is 0 Å². The van der Waals surface area contributed by atoms with Gasteiger partial charge in [-0.3, -0.25) is 0 Å². The van der Waals surface area contributed by atoms with E-state index in [0.29, 0.717) is 0 Å². The normalized spacial score (nSPS) is 22.6. The average molecular weight is 557 g/mol. The third kappa shape index (κ3) is 3.10. The molecule has 2 unspecified atom stereocenters. The Morgan fingerprint density at radius 3 is 2.19 bits per heavy atom. The molecule has 1 saturated carbocycles. The van der Waals surface area contributed by atoms with E-state index in [9.17, 15) is 0 Å². The van der Waals surface area contributed by atoms with Crippen molar-refractivity contribution in [2.45, 2.75) is 64.3 Å². The van der Waals surface area contributed by atoms with Gasteiger partial charge in [0.1, 0.15) is 0 Å². The number of aryl methyl sites for hydroxylation is 2. The van der Waals surface area contributed by atoms with E-state index in [4.69, 9.17) is 0 Å². The minimum Gasteiger partial charge on any atom is -0.334 e. The highest BCUT2D eigenvalue weighted by Crippen LogP contribution is 2.61. The zero-order valence-corrected chi connectivity index (χ0v) is 25.6. The van der Waals surface area contributed by atoms with Crippen molar-refractivity contribution in [1.82, 2.24) is 0 Å². The third-order valence-corrected chi connectivity index (χ3v) is 11.7. The summed E-state index contributed by atoms with van der Waals surface area (Å²) in [5.41, 5.74) is 18.0. The molecule has 0 amide bonds. The first-order valence-electron chi connectivity index (χ1n) is 16.0. The summed E-state index contributed by atoms with van der Waals surface area (Å²) in [4.78, 5) is 5.34. The van der Waals surface area contributed by atoms with E-state index in [2.05, 4.69) is 141 Å². The van der Waals surface area contributed by atoms with Gasteiger partial charge in [-0.1, -0.05) is 104 Å². The number of anilines is 5. The predicted octanol–water partition coefficient (Wildman–Crippen LogP) is 8.33. The highest BCUT2D eigenvalue weighted by Gasteiger charge is 2.58. The van der Waals surface area contributed by atoms with Gasteiger partial charge in [0.15, 0.2) is 0 Å². The lowest BCUT2D eigenvalue weighted by molar-refractivity contribution is 0.195. The molecule has 3 heteroatoms. The molecule has 0 aromatic heterocycles. The Morgan fingerprint density at radius 1 is 0.628 bits per heavy atom. The quantitative estimate of drug-likeness (QED) is 0.198. The van der Waals surface area contributed by atoms with Crippen molar-refractivity contribution in [3.05, 3.63) is 120 Å². The van der Waals surface area contributed by atoms with E-state index in [0.717, 1.165) is 0 Å². The lowest BCUT2D eigenvalue weighted by Crippen LogP contribution is -2.56. The van der Waals surface area contributed by atoms with Crippen LogP contribution < -0.4 is 26.2 Å². The molecule has 0 N–H and O–H groups in total. The van der Waals surface area contributed by atoms with Crippen molar-refractivity contribution in [1.29, 1.82) is 0 Å². The first kappa shape index (κ1) is 25.3. The third-order valence-electron chi connectivity index (χ3n) is 11.7. The predicted molar refractivity (Wildman–Crippen MR) is 183 cm³/mol. The summed E-state index contributed by atoms with van der Waals surface area (Å²) >= 11 is 0. The fraction of sp³-hybridized carbons (Fsp3) is 0.250. The maximum absolute atomic E-state index is 2.75. The summed E-state index contributed by atoms with van der Waals surface area (Å²) in [5.74, 6) is 0. The van der Waals surface area contributed by atoms with Crippen LogP contribution in [-0.4, -0.2) is 12.3 Å². The second kappa shape index (κ2) is 8.66. The van der Waals surface area contributed by atoms with E-state index in [1.807, 2.05) is 0 Å². The van der Waals surface area contributed by atoms with Gasteiger partial charge in [0.05, 0.1) is 5.54 Å². The van der Waals surface area contributed by atoms with Gasteiger partial charge in [-0.2, -0.15) is 0 Å². The molecule has 3 heterocycles. The molecule has 2 atom stereocenters. The second-order valence-corrected chi connectivity index (χ2v) is 13.7. The molecular formula is C40H37BN2. The van der Waals surface area contributed by atoms with Gasteiger partial charge in [-0.05, 0) is 96.6 Å². The van der Waals surface area contributed by atoms with Crippen molar-refractivity contribution in [3.8, 4) is 11.1 Å². The molecule has 4 aliphatic rings. The van der Waals surface area contributed by atoms with Crippen molar-refractivity contribution >= 4 is 51.5 Å². The van der Waals surface area contributed by atoms with Crippen LogP contribution in [0.15, 0.2) is 103 Å². The maximum atomic E-state index is 2.75. The smallest absolute Gasteiger partial charge is 0.248 e. The van der Waals surface area contributed by atoms with Crippen molar-refractivity contribution in [3.63, 3.8) is 0 Å². The molecule has 2 nitrogen and oxygen atoms in total. The number of benzene rings is 5. The molecule has 5 aromatic rings. The van der Waals surface area contributed by atoms with E-state index in [1.165, 1.54) is 98.3 Å². The zero-order chi connectivity index (χ0) is 29.1. The second-order valence-electron chi connectivity index (χ2n) is 13.7. The van der Waals surface area contributed by atoms with Crippen molar-refractivity contribution in [2.75, 3.05) is 9.80 Å². The van der Waals surface area contributed by atoms with Crippen LogP contribution in [0.3, 0.4) is 0 Å². The van der Waals surface area contributed by atoms with Gasteiger partial charge < -0.3 is 9.80 Å². The molecule has 9 rings (SSSR count). The largest absolute Gasteiger partial charge is 0.334 e. The van der Waals surface area contributed by atoms with Crippen molar-refractivity contribution < 1.29 is 0 Å². The SMILES string of the molecule is Cc1ccccc1N1c2cc(N3c4ccccc4C4(C)CCCCC34C)cc3c2B(c2ccccc2-3)c2cccc(C)c21. The Morgan fingerprint density at radius 2 is 1.33 bits per heavy atom. The molecule has 0 bridgehead atoms. The average Bonchev–Trinajstić information content (AvgIpc) is 3.46. The molecule has 1 fully saturated rings. The van der Waals surface area contributed by atoms with E-state index < -0.39 is 0 Å². The fourth-order valence-corrected chi connectivity index (χ4v) is 9.44. The number of fused-ring (bicyclic) bond motifs is 8. The monoisotopic (exact) mass is 556 g/mol. The Balaban J connectivity index is 1.39. The van der Waals surface area contributed by atoms with E-state index in [1.54, 1.807) is 0 Å². The fourth-order valence-electron chi connectivity index (χ4n) is 9.44. The van der Waals surface area contributed by atoms with Crippen LogP contribution in [0.4, 0.5) is 28.4 Å². The Labute approximate surface area is 256 Å². The summed E-state index contributed by atoms with van der Waals surface area (Å²) in [6.45, 7) is 9.86. The zero-order valence-electron chi connectivity index (χ0n) is 25.6. The lowest BCUT2D eigenvalue weighted by atomic mass is 9.37. The van der Waals surface area contributed by atoms with Gasteiger partial charge >= 0.3 is 0 Å². The van der Waals surface area contributed by atoms with Crippen LogP contribution in [0.5, 0.6) is 0 Å². The van der Waals surface area contributed by atoms with Gasteiger partial charge in [-0.25, -0.2) is 0 Å². The molecule has 0 saturated heterocycles. The molecular weight excluding hydrogens is 519 g/mol. The molecule has 3 aliphatic heterocycles. The summed E-state index contributed by atoms with van der Waals surface area (Å²) in [6.07, 6.45) is 5.02. The summed E-state index contributed by atoms with van der Waals surface area (Å²) in [7, 11) is 0. The highest BCUT2D eigenvalue weighted by atomic mass is 15.3. The molecule has 43 heavy (non-hydrogen) atoms. The van der Waals surface area contributed by atoms with Gasteiger partial charge in [0.25, 0.3) is 0 Å². The Bertz CT molecular complexity index is 1980. The lowest BCUT2D eigenvalue weighted by Gasteiger charge is -2.50. The minimum atomic E-state index is 0.0173. The molecule has 1 aliphatic carbocycles. The minimum absolute atomic E-state index is 0.0173. The van der Waals surface area contributed by atoms with Crippen LogP contribution in [0.2, 0.25) is 0 Å². The van der Waals surface area contributed by atoms with E-state index in [-0.39, 0.29) is 17.7 Å². The van der Waals surface area contributed by atoms with E-state index >= 15 is 0 Å². The first-order valence-corrected chi connectivity index (χ1v) is 16.0. The maximum Gasteiger partial charge on any atom is 0.248 e. The van der Waals surface area contributed by atoms with Gasteiger partial charge in [-0.15, -0.1) is 0 Å². The Hall–Kier alpha value is -4.24. The van der Waals surface area contributed by atoms with Crippen LogP contribution in [0.1, 0.15) is 56.2 Å². The van der Waals surface area contributed by atoms with Crippen LogP contribution in [0, 0.1) is 13.8 Å². The molecule has 0 spiro atoms. The van der Waals surface area contributed by atoms with Crippen LogP contribution in [0.25, 0.3) is 11.1 Å². The number of hydrogen-bond donors (Lipinski definition) is 0. The summed E-state index contributed by atoms with van der Waals surface area (Å²) in [6, 6.07) is 39.3.